The van der Waals surface area contributed by atoms with Gasteiger partial charge < -0.3 is 14.6 Å². The Kier molecular flexibility index (Phi) is 6.76. The van der Waals surface area contributed by atoms with Gasteiger partial charge >= 0.3 is 5.97 Å². The molecule has 1 aliphatic rings. The van der Waals surface area contributed by atoms with E-state index in [2.05, 4.69) is 47.4 Å². The van der Waals surface area contributed by atoms with E-state index in [1.165, 1.54) is 11.1 Å². The first-order chi connectivity index (χ1) is 15.6. The van der Waals surface area contributed by atoms with Crippen molar-refractivity contribution in [2.45, 2.75) is 18.9 Å². The number of benzene rings is 3. The molecule has 32 heavy (non-hydrogen) atoms. The molecule has 0 amide bonds. The first-order valence-electron chi connectivity index (χ1n) is 10.9. The first kappa shape index (κ1) is 21.9. The molecule has 5 heteroatoms. The highest BCUT2D eigenvalue weighted by Crippen LogP contribution is 2.39. The smallest absolute Gasteiger partial charge is 0.306 e. The lowest BCUT2D eigenvalue weighted by Gasteiger charge is -2.37. The van der Waals surface area contributed by atoms with Crippen LogP contribution < -0.4 is 9.47 Å². The standard InChI is InChI=1S/C27H29NO4/c1-31-23-12-13-24(25(18-23)32-2)26(28-16-14-22(15-17-28)27(29)30)21-10-8-20(9-11-21)19-6-4-3-5-7-19/h3-13,18,22,26H,14-17H2,1-2H3,(H,29,30). The van der Waals surface area contributed by atoms with Crippen molar-refractivity contribution in [3.05, 3.63) is 83.9 Å². The molecule has 4 rings (SSSR count). The fourth-order valence-corrected chi connectivity index (χ4v) is 4.52. The lowest BCUT2D eigenvalue weighted by atomic mass is 9.90. The van der Waals surface area contributed by atoms with Crippen LogP contribution in [0, 0.1) is 5.92 Å². The molecule has 3 aromatic rings. The predicted octanol–water partition coefficient (Wildman–Crippen LogP) is 5.26. The van der Waals surface area contributed by atoms with Crippen molar-refractivity contribution in [3.63, 3.8) is 0 Å². The maximum Gasteiger partial charge on any atom is 0.306 e. The van der Waals surface area contributed by atoms with Gasteiger partial charge in [-0.25, -0.2) is 0 Å². The number of carboxylic acid groups (broad SMARTS) is 1. The summed E-state index contributed by atoms with van der Waals surface area (Å²) in [5.41, 5.74) is 4.55. The second-order valence-electron chi connectivity index (χ2n) is 8.15. The van der Waals surface area contributed by atoms with Crippen molar-refractivity contribution in [3.8, 4) is 22.6 Å². The number of hydrogen-bond acceptors (Lipinski definition) is 4. The molecule has 1 atom stereocenters. The summed E-state index contributed by atoms with van der Waals surface area (Å²) in [6.07, 6.45) is 1.29. The average Bonchev–Trinajstić information content (AvgIpc) is 2.85. The van der Waals surface area contributed by atoms with Crippen LogP contribution in [0.2, 0.25) is 0 Å². The Morgan fingerprint density at radius 1 is 0.906 bits per heavy atom. The normalized spacial score (nSPS) is 15.8. The van der Waals surface area contributed by atoms with Gasteiger partial charge in [-0.2, -0.15) is 0 Å². The maximum atomic E-state index is 11.5. The average molecular weight is 432 g/mol. The summed E-state index contributed by atoms with van der Waals surface area (Å²) in [6, 6.07) is 24.8. The van der Waals surface area contributed by atoms with Crippen LogP contribution in [-0.2, 0) is 4.79 Å². The molecule has 0 spiro atoms. The topological polar surface area (TPSA) is 59.0 Å². The molecule has 0 aliphatic carbocycles. The number of ether oxygens (including phenoxy) is 2. The molecule has 166 valence electrons. The molecule has 1 aliphatic heterocycles. The number of carbonyl (C=O) groups is 1. The van der Waals surface area contributed by atoms with Gasteiger partial charge in [0.05, 0.1) is 26.2 Å². The van der Waals surface area contributed by atoms with Gasteiger partial charge in [0, 0.05) is 11.6 Å². The number of piperidine rings is 1. The lowest BCUT2D eigenvalue weighted by molar-refractivity contribution is -0.143. The van der Waals surface area contributed by atoms with Crippen molar-refractivity contribution < 1.29 is 19.4 Å². The van der Waals surface area contributed by atoms with Crippen LogP contribution in [-0.4, -0.2) is 43.3 Å². The summed E-state index contributed by atoms with van der Waals surface area (Å²) in [6.45, 7) is 1.44. The molecular weight excluding hydrogens is 402 g/mol. The molecule has 0 bridgehead atoms. The van der Waals surface area contributed by atoms with Gasteiger partial charge in [-0.1, -0.05) is 54.6 Å². The zero-order valence-corrected chi connectivity index (χ0v) is 18.5. The van der Waals surface area contributed by atoms with E-state index in [1.54, 1.807) is 14.2 Å². The second kappa shape index (κ2) is 9.88. The van der Waals surface area contributed by atoms with E-state index in [0.717, 1.165) is 35.7 Å². The Labute approximate surface area is 189 Å². The van der Waals surface area contributed by atoms with Crippen LogP contribution in [0.1, 0.15) is 30.0 Å². The van der Waals surface area contributed by atoms with Crippen molar-refractivity contribution in [1.82, 2.24) is 4.90 Å². The Bertz CT molecular complexity index is 1040. The number of carboxylic acids is 1. The van der Waals surface area contributed by atoms with Crippen LogP contribution in [0.25, 0.3) is 11.1 Å². The monoisotopic (exact) mass is 431 g/mol. The molecule has 0 saturated carbocycles. The molecule has 5 nitrogen and oxygen atoms in total. The van der Waals surface area contributed by atoms with E-state index in [1.807, 2.05) is 30.3 Å². The summed E-state index contributed by atoms with van der Waals surface area (Å²) in [5.74, 6) is 0.538. The Morgan fingerprint density at radius 3 is 2.16 bits per heavy atom. The Balaban J connectivity index is 1.71. The van der Waals surface area contributed by atoms with Crippen LogP contribution in [0.15, 0.2) is 72.8 Å². The fraction of sp³-hybridized carbons (Fsp3) is 0.296. The first-order valence-corrected chi connectivity index (χ1v) is 10.9. The van der Waals surface area contributed by atoms with Crippen molar-refractivity contribution >= 4 is 5.97 Å². The van der Waals surface area contributed by atoms with E-state index in [4.69, 9.17) is 9.47 Å². The van der Waals surface area contributed by atoms with Crippen molar-refractivity contribution in [2.24, 2.45) is 5.92 Å². The predicted molar refractivity (Wildman–Crippen MR) is 125 cm³/mol. The number of aliphatic carboxylic acids is 1. The maximum absolute atomic E-state index is 11.5. The lowest BCUT2D eigenvalue weighted by Crippen LogP contribution is -2.39. The summed E-state index contributed by atoms with van der Waals surface area (Å²) in [4.78, 5) is 13.8. The third-order valence-corrected chi connectivity index (χ3v) is 6.31. The fourth-order valence-electron chi connectivity index (χ4n) is 4.52. The number of rotatable bonds is 7. The third kappa shape index (κ3) is 4.63. The van der Waals surface area contributed by atoms with Crippen molar-refractivity contribution in [1.29, 1.82) is 0 Å². The third-order valence-electron chi connectivity index (χ3n) is 6.31. The molecule has 1 fully saturated rings. The van der Waals surface area contributed by atoms with E-state index < -0.39 is 5.97 Å². The summed E-state index contributed by atoms with van der Waals surface area (Å²) in [7, 11) is 3.31. The molecule has 1 N–H and O–H groups in total. The summed E-state index contributed by atoms with van der Waals surface area (Å²) < 4.78 is 11.1. The number of nitrogens with zero attached hydrogens (tertiary/aromatic N) is 1. The number of methoxy groups -OCH3 is 2. The molecule has 1 unspecified atom stereocenters. The molecule has 1 heterocycles. The van der Waals surface area contributed by atoms with E-state index in [0.29, 0.717) is 12.8 Å². The molecule has 0 aromatic heterocycles. The molecule has 3 aromatic carbocycles. The Morgan fingerprint density at radius 2 is 1.56 bits per heavy atom. The second-order valence-corrected chi connectivity index (χ2v) is 8.15. The van der Waals surface area contributed by atoms with Gasteiger partial charge in [-0.05, 0) is 54.8 Å². The highest BCUT2D eigenvalue weighted by Gasteiger charge is 2.31. The quantitative estimate of drug-likeness (QED) is 0.553. The van der Waals surface area contributed by atoms with Gasteiger partial charge in [0.25, 0.3) is 0 Å². The van der Waals surface area contributed by atoms with Crippen LogP contribution in [0.5, 0.6) is 11.5 Å². The SMILES string of the molecule is COc1ccc(C(c2ccc(-c3ccccc3)cc2)N2CCC(C(=O)O)CC2)c(OC)c1. The van der Waals surface area contributed by atoms with Gasteiger partial charge in [-0.15, -0.1) is 0 Å². The van der Waals surface area contributed by atoms with Crippen LogP contribution in [0.4, 0.5) is 0 Å². The van der Waals surface area contributed by atoms with Crippen LogP contribution >= 0.6 is 0 Å². The van der Waals surface area contributed by atoms with Gasteiger partial charge in [0.1, 0.15) is 11.5 Å². The zero-order valence-electron chi connectivity index (χ0n) is 18.5. The van der Waals surface area contributed by atoms with E-state index in [9.17, 15) is 9.90 Å². The Hall–Kier alpha value is -3.31. The number of hydrogen-bond donors (Lipinski definition) is 1. The minimum Gasteiger partial charge on any atom is -0.497 e. The largest absolute Gasteiger partial charge is 0.497 e. The van der Waals surface area contributed by atoms with E-state index in [-0.39, 0.29) is 12.0 Å². The molecule has 0 radical (unpaired) electrons. The zero-order chi connectivity index (χ0) is 22.5. The minimum absolute atomic E-state index is 0.0320. The number of likely N-dealkylation sites (tertiary alicyclic amines) is 1. The highest BCUT2D eigenvalue weighted by molar-refractivity contribution is 5.70. The molecule has 1 saturated heterocycles. The highest BCUT2D eigenvalue weighted by atomic mass is 16.5. The molecular formula is C27H29NO4. The van der Waals surface area contributed by atoms with Gasteiger partial charge in [0.2, 0.25) is 0 Å². The minimum atomic E-state index is -0.699. The van der Waals surface area contributed by atoms with Crippen LogP contribution in [0.3, 0.4) is 0 Å². The van der Waals surface area contributed by atoms with E-state index >= 15 is 0 Å². The van der Waals surface area contributed by atoms with Crippen molar-refractivity contribution in [2.75, 3.05) is 27.3 Å². The van der Waals surface area contributed by atoms with Gasteiger partial charge in [-0.3, -0.25) is 9.69 Å². The summed E-state index contributed by atoms with van der Waals surface area (Å²) in [5, 5.41) is 9.42. The summed E-state index contributed by atoms with van der Waals surface area (Å²) >= 11 is 0. The van der Waals surface area contributed by atoms with Gasteiger partial charge in [0.15, 0.2) is 0 Å².